The van der Waals surface area contributed by atoms with Gasteiger partial charge in [-0.05, 0) is 11.3 Å². The maximum absolute atomic E-state index is 12.2. The summed E-state index contributed by atoms with van der Waals surface area (Å²) in [5.41, 5.74) is -0.206. The number of halogens is 3. The fourth-order valence-corrected chi connectivity index (χ4v) is 1.66. The molecule has 82 valence electrons. The second-order valence-corrected chi connectivity index (χ2v) is 5.34. The van der Waals surface area contributed by atoms with E-state index in [0.717, 1.165) is 0 Å². The van der Waals surface area contributed by atoms with Crippen molar-refractivity contribution in [1.29, 1.82) is 0 Å². The van der Waals surface area contributed by atoms with E-state index in [9.17, 15) is 17.7 Å². The van der Waals surface area contributed by atoms with Gasteiger partial charge in [-0.1, -0.05) is 33.0 Å². The van der Waals surface area contributed by atoms with E-state index in [-0.39, 0.29) is 24.0 Å². The molecular weight excluding hydrogens is 192 g/mol. The van der Waals surface area contributed by atoms with Gasteiger partial charge in [0.05, 0.1) is 0 Å². The lowest BCUT2D eigenvalue weighted by atomic mass is 9.79. The van der Waals surface area contributed by atoms with Crippen LogP contribution in [-0.2, 0) is 4.79 Å². The zero-order valence-electron chi connectivity index (χ0n) is 8.69. The number of carbonyl (C=O) groups is 1. The minimum atomic E-state index is -4.80. The molecule has 0 aromatic heterocycles. The number of carbonyl (C=O) groups excluding carboxylic acids is 1. The first kappa shape index (κ1) is 11.6. The van der Waals surface area contributed by atoms with Gasteiger partial charge in [0.2, 0.25) is 0 Å². The molecule has 0 aromatic rings. The molecule has 2 atom stereocenters. The van der Waals surface area contributed by atoms with Crippen LogP contribution in [0.4, 0.5) is 12.9 Å². The topological polar surface area (TPSA) is 17.1 Å². The van der Waals surface area contributed by atoms with Crippen molar-refractivity contribution in [1.82, 2.24) is 0 Å². The molecule has 1 aliphatic rings. The van der Waals surface area contributed by atoms with E-state index in [2.05, 4.69) is 0 Å². The molecule has 0 aliphatic heterocycles. The highest BCUT2D eigenvalue weighted by molar-refractivity contribution is 6.61. The maximum atomic E-state index is 12.2. The van der Waals surface area contributed by atoms with Gasteiger partial charge in [0, 0.05) is 6.42 Å². The van der Waals surface area contributed by atoms with Crippen LogP contribution in [0, 0.1) is 11.3 Å². The molecule has 0 spiro atoms. The Morgan fingerprint density at radius 2 is 1.86 bits per heavy atom. The SMILES string of the molecule is CC(C)(C)CC(=O)[C@@H]1C[C@@H]1[B-](F)(F)F. The molecule has 14 heavy (non-hydrogen) atoms. The van der Waals surface area contributed by atoms with Gasteiger partial charge in [-0.3, -0.25) is 4.79 Å². The minimum absolute atomic E-state index is 0.0262. The van der Waals surface area contributed by atoms with E-state index in [4.69, 9.17) is 0 Å². The van der Waals surface area contributed by atoms with Crippen molar-refractivity contribution in [2.75, 3.05) is 0 Å². The molecular formula is C9H15BF3O-. The van der Waals surface area contributed by atoms with Crippen LogP contribution in [0.1, 0.15) is 33.6 Å². The molecule has 5 heteroatoms. The summed E-state index contributed by atoms with van der Waals surface area (Å²) in [6.45, 7) is 0.791. The van der Waals surface area contributed by atoms with Crippen molar-refractivity contribution in [3.63, 3.8) is 0 Å². The Hall–Kier alpha value is -0.475. The van der Waals surface area contributed by atoms with Crippen LogP contribution in [0.25, 0.3) is 0 Å². The van der Waals surface area contributed by atoms with Crippen LogP contribution in [0.2, 0.25) is 5.82 Å². The zero-order chi connectivity index (χ0) is 11.1. The lowest BCUT2D eigenvalue weighted by molar-refractivity contribution is -0.122. The molecule has 1 fully saturated rings. The Labute approximate surface area is 82.1 Å². The third-order valence-electron chi connectivity index (χ3n) is 2.44. The fraction of sp³-hybridized carbons (Fsp3) is 0.889. The van der Waals surface area contributed by atoms with E-state index in [1.807, 2.05) is 20.8 Å². The van der Waals surface area contributed by atoms with Crippen molar-refractivity contribution >= 4 is 12.8 Å². The van der Waals surface area contributed by atoms with E-state index < -0.39 is 18.7 Å². The van der Waals surface area contributed by atoms with Gasteiger partial charge in [0.1, 0.15) is 5.78 Å². The van der Waals surface area contributed by atoms with Gasteiger partial charge in [-0.2, -0.15) is 0 Å². The Bertz CT molecular complexity index is 241. The maximum Gasteiger partial charge on any atom is 0.482 e. The van der Waals surface area contributed by atoms with E-state index in [1.54, 1.807) is 0 Å². The normalized spacial score (nSPS) is 27.6. The molecule has 1 aliphatic carbocycles. The van der Waals surface area contributed by atoms with Crippen molar-refractivity contribution < 1.29 is 17.7 Å². The zero-order valence-corrected chi connectivity index (χ0v) is 8.69. The first-order valence-corrected chi connectivity index (χ1v) is 4.84. The van der Waals surface area contributed by atoms with Gasteiger partial charge in [0.15, 0.2) is 0 Å². The average Bonchev–Trinajstić information content (AvgIpc) is 2.55. The monoisotopic (exact) mass is 207 g/mol. The third-order valence-corrected chi connectivity index (χ3v) is 2.44. The van der Waals surface area contributed by atoms with Crippen LogP contribution in [0.5, 0.6) is 0 Å². The van der Waals surface area contributed by atoms with Crippen LogP contribution < -0.4 is 0 Å². The highest BCUT2D eigenvalue weighted by Crippen LogP contribution is 2.54. The van der Waals surface area contributed by atoms with Gasteiger partial charge < -0.3 is 12.9 Å². The number of hydrogen-bond acceptors (Lipinski definition) is 1. The smallest absolute Gasteiger partial charge is 0.449 e. The summed E-state index contributed by atoms with van der Waals surface area (Å²) in [5.74, 6) is -2.25. The third kappa shape index (κ3) is 3.03. The van der Waals surface area contributed by atoms with Gasteiger partial charge >= 0.3 is 6.98 Å². The highest BCUT2D eigenvalue weighted by Gasteiger charge is 2.53. The van der Waals surface area contributed by atoms with Crippen molar-refractivity contribution in [3.8, 4) is 0 Å². The molecule has 0 heterocycles. The standard InChI is InChI=1S/C9H15BF3O/c1-9(2,3)5-8(14)6-4-7(6)10(11,12)13/h6-7H,4-5H2,1-3H3/q-1/t6-,7+/m1/s1. The van der Waals surface area contributed by atoms with E-state index in [1.165, 1.54) is 0 Å². The first-order valence-electron chi connectivity index (χ1n) is 4.84. The molecule has 0 amide bonds. The Morgan fingerprint density at radius 3 is 2.14 bits per heavy atom. The summed E-state index contributed by atoms with van der Waals surface area (Å²) >= 11 is 0. The van der Waals surface area contributed by atoms with Crippen LogP contribution in [-0.4, -0.2) is 12.8 Å². The van der Waals surface area contributed by atoms with Crippen LogP contribution in [0.15, 0.2) is 0 Å². The number of hydrogen-bond donors (Lipinski definition) is 0. The molecule has 1 saturated carbocycles. The Morgan fingerprint density at radius 1 is 1.36 bits per heavy atom. The average molecular weight is 207 g/mol. The van der Waals surface area contributed by atoms with Gasteiger partial charge in [0.25, 0.3) is 0 Å². The summed E-state index contributed by atoms with van der Waals surface area (Å²) in [7, 11) is 0. The Balaban J connectivity index is 2.45. The van der Waals surface area contributed by atoms with E-state index >= 15 is 0 Å². The summed E-state index contributed by atoms with van der Waals surface area (Å²) in [5, 5.41) is 0. The summed E-state index contributed by atoms with van der Waals surface area (Å²) in [6.07, 6.45) is 0.277. The molecule has 0 bridgehead atoms. The summed E-state index contributed by atoms with van der Waals surface area (Å²) in [4.78, 5) is 11.4. The van der Waals surface area contributed by atoms with Crippen molar-refractivity contribution in [2.45, 2.75) is 39.4 Å². The predicted octanol–water partition coefficient (Wildman–Crippen LogP) is 3.23. The molecule has 1 nitrogen and oxygen atoms in total. The molecule has 0 N–H and O–H groups in total. The lowest BCUT2D eigenvalue weighted by Crippen LogP contribution is -2.20. The second kappa shape index (κ2) is 3.28. The number of rotatable bonds is 3. The van der Waals surface area contributed by atoms with Gasteiger partial charge in [-0.25, -0.2) is 0 Å². The molecule has 0 radical (unpaired) electrons. The number of ketones is 1. The predicted molar refractivity (Wildman–Crippen MR) is 50.0 cm³/mol. The molecule has 0 unspecified atom stereocenters. The van der Waals surface area contributed by atoms with Crippen LogP contribution in [0.3, 0.4) is 0 Å². The molecule has 1 rings (SSSR count). The molecule has 0 saturated heterocycles. The quantitative estimate of drug-likeness (QED) is 0.649. The van der Waals surface area contributed by atoms with Crippen LogP contribution >= 0.6 is 0 Å². The fourth-order valence-electron chi connectivity index (χ4n) is 1.66. The minimum Gasteiger partial charge on any atom is -0.449 e. The summed E-state index contributed by atoms with van der Waals surface area (Å²) < 4.78 is 36.6. The largest absolute Gasteiger partial charge is 0.482 e. The van der Waals surface area contributed by atoms with Crippen molar-refractivity contribution in [3.05, 3.63) is 0 Å². The summed E-state index contributed by atoms with van der Waals surface area (Å²) in [6, 6.07) is 0. The lowest BCUT2D eigenvalue weighted by Gasteiger charge is -2.18. The second-order valence-electron chi connectivity index (χ2n) is 5.34. The van der Waals surface area contributed by atoms with E-state index in [0.29, 0.717) is 0 Å². The highest BCUT2D eigenvalue weighted by atomic mass is 19.4. The first-order chi connectivity index (χ1) is 6.11. The van der Waals surface area contributed by atoms with Gasteiger partial charge in [-0.15, -0.1) is 0 Å². The molecule has 0 aromatic carbocycles. The number of Topliss-reactive ketones (excluding diaryl/α,β-unsaturated/α-hetero) is 1. The van der Waals surface area contributed by atoms with Crippen molar-refractivity contribution in [2.24, 2.45) is 11.3 Å². The Kier molecular flexibility index (Phi) is 2.72.